The van der Waals surface area contributed by atoms with Gasteiger partial charge >= 0.3 is 5.97 Å². The largest absolute Gasteiger partial charge is 0.481 e. The first kappa shape index (κ1) is 16.2. The van der Waals surface area contributed by atoms with E-state index in [0.717, 1.165) is 12.1 Å². The van der Waals surface area contributed by atoms with Crippen LogP contribution in [0.4, 0.5) is 5.69 Å². The van der Waals surface area contributed by atoms with Gasteiger partial charge in [-0.1, -0.05) is 31.5 Å². The number of hydrogen-bond acceptors (Lipinski definition) is 3. The number of hydrogen-bond donors (Lipinski definition) is 2. The van der Waals surface area contributed by atoms with E-state index >= 15 is 0 Å². The number of para-hydroxylation sites is 1. The predicted molar refractivity (Wildman–Crippen MR) is 78.5 cm³/mol. The molecule has 0 fully saturated rings. The first-order chi connectivity index (χ1) is 9.56. The van der Waals surface area contributed by atoms with Gasteiger partial charge < -0.3 is 15.7 Å². The third kappa shape index (κ3) is 5.01. The van der Waals surface area contributed by atoms with Gasteiger partial charge in [0, 0.05) is 18.7 Å². The molecule has 0 unspecified atom stereocenters. The molecule has 5 nitrogen and oxygen atoms in total. The third-order valence-electron chi connectivity index (χ3n) is 3.02. The van der Waals surface area contributed by atoms with Crippen LogP contribution >= 0.6 is 0 Å². The summed E-state index contributed by atoms with van der Waals surface area (Å²) < 4.78 is 0. The number of amides is 1. The first-order valence-corrected chi connectivity index (χ1v) is 6.90. The molecule has 0 saturated carbocycles. The summed E-state index contributed by atoms with van der Waals surface area (Å²) >= 11 is 0. The highest BCUT2D eigenvalue weighted by Gasteiger charge is 2.21. The zero-order chi connectivity index (χ0) is 15.0. The van der Waals surface area contributed by atoms with E-state index in [2.05, 4.69) is 0 Å². The van der Waals surface area contributed by atoms with Crippen molar-refractivity contribution in [2.24, 2.45) is 5.73 Å². The van der Waals surface area contributed by atoms with Crippen LogP contribution in [0.5, 0.6) is 0 Å². The van der Waals surface area contributed by atoms with E-state index in [4.69, 9.17) is 10.8 Å². The minimum atomic E-state index is -0.858. The Morgan fingerprint density at radius 2 is 1.95 bits per heavy atom. The summed E-state index contributed by atoms with van der Waals surface area (Å²) in [6.45, 7) is 2.34. The molecule has 0 radical (unpaired) electrons. The van der Waals surface area contributed by atoms with E-state index in [1.807, 2.05) is 37.3 Å². The number of carbonyl (C=O) groups excluding carboxylic acids is 1. The number of carbonyl (C=O) groups is 2. The Kier molecular flexibility index (Phi) is 6.73. The van der Waals surface area contributed by atoms with E-state index < -0.39 is 12.0 Å². The Morgan fingerprint density at radius 1 is 1.30 bits per heavy atom. The second kappa shape index (κ2) is 8.32. The fourth-order valence-electron chi connectivity index (χ4n) is 2.00. The van der Waals surface area contributed by atoms with Crippen molar-refractivity contribution in [1.82, 2.24) is 0 Å². The predicted octanol–water partition coefficient (Wildman–Crippen LogP) is 2.01. The molecule has 1 atom stereocenters. The zero-order valence-electron chi connectivity index (χ0n) is 11.8. The average Bonchev–Trinajstić information content (AvgIpc) is 2.44. The summed E-state index contributed by atoms with van der Waals surface area (Å²) in [5.74, 6) is -1.01. The van der Waals surface area contributed by atoms with Gasteiger partial charge in [0.1, 0.15) is 0 Å². The molecule has 0 bridgehead atoms. The number of rotatable bonds is 8. The third-order valence-corrected chi connectivity index (χ3v) is 3.02. The van der Waals surface area contributed by atoms with E-state index in [-0.39, 0.29) is 12.3 Å². The highest BCUT2D eigenvalue weighted by molar-refractivity contribution is 5.97. The van der Waals surface area contributed by atoms with Crippen LogP contribution in [0.1, 0.15) is 32.6 Å². The van der Waals surface area contributed by atoms with Crippen LogP contribution < -0.4 is 10.6 Å². The Balaban J connectivity index is 2.79. The molecule has 0 heterocycles. The lowest BCUT2D eigenvalue weighted by Crippen LogP contribution is -2.44. The van der Waals surface area contributed by atoms with E-state index in [9.17, 15) is 9.59 Å². The molecule has 20 heavy (non-hydrogen) atoms. The van der Waals surface area contributed by atoms with Gasteiger partial charge in [-0.15, -0.1) is 0 Å². The smallest absolute Gasteiger partial charge is 0.303 e. The van der Waals surface area contributed by atoms with E-state index in [0.29, 0.717) is 19.4 Å². The molecule has 110 valence electrons. The molecule has 0 aliphatic carbocycles. The molecule has 1 aromatic carbocycles. The maximum Gasteiger partial charge on any atom is 0.303 e. The number of carboxylic acids is 1. The summed E-state index contributed by atoms with van der Waals surface area (Å²) in [6, 6.07) is 8.69. The molecule has 3 N–H and O–H groups in total. The fourth-order valence-corrected chi connectivity index (χ4v) is 2.00. The van der Waals surface area contributed by atoms with Crippen LogP contribution in [0.3, 0.4) is 0 Å². The van der Waals surface area contributed by atoms with Gasteiger partial charge in [0.25, 0.3) is 0 Å². The van der Waals surface area contributed by atoms with E-state index in [1.54, 1.807) is 4.90 Å². The van der Waals surface area contributed by atoms with Crippen LogP contribution in [0, 0.1) is 0 Å². The summed E-state index contributed by atoms with van der Waals surface area (Å²) in [7, 11) is 0. The lowest BCUT2D eigenvalue weighted by molar-refractivity contribution is -0.137. The van der Waals surface area contributed by atoms with Gasteiger partial charge in [-0.3, -0.25) is 9.59 Å². The SMILES string of the molecule is CCC[C@@H](N)C(=O)N(CCCC(=O)O)c1ccccc1. The molecular weight excluding hydrogens is 256 g/mol. The molecule has 1 rings (SSSR count). The maximum absolute atomic E-state index is 12.4. The van der Waals surface area contributed by atoms with Gasteiger partial charge in [-0.05, 0) is 25.0 Å². The fraction of sp³-hybridized carbons (Fsp3) is 0.467. The Morgan fingerprint density at radius 3 is 2.50 bits per heavy atom. The highest BCUT2D eigenvalue weighted by atomic mass is 16.4. The van der Waals surface area contributed by atoms with Crippen molar-refractivity contribution in [1.29, 1.82) is 0 Å². The van der Waals surface area contributed by atoms with Crippen molar-refractivity contribution in [2.45, 2.75) is 38.6 Å². The number of nitrogens with zero attached hydrogens (tertiary/aromatic N) is 1. The normalized spacial score (nSPS) is 11.9. The molecule has 1 amide bonds. The number of benzene rings is 1. The van der Waals surface area contributed by atoms with Crippen molar-refractivity contribution in [3.05, 3.63) is 30.3 Å². The Hall–Kier alpha value is -1.88. The van der Waals surface area contributed by atoms with Crippen LogP contribution in [0.2, 0.25) is 0 Å². The van der Waals surface area contributed by atoms with Crippen molar-refractivity contribution in [3.8, 4) is 0 Å². The van der Waals surface area contributed by atoms with Gasteiger partial charge in [-0.2, -0.15) is 0 Å². The van der Waals surface area contributed by atoms with Gasteiger partial charge in [0.2, 0.25) is 5.91 Å². The number of anilines is 1. The molecule has 0 aromatic heterocycles. The molecule has 0 spiro atoms. The molecule has 0 saturated heterocycles. The van der Waals surface area contributed by atoms with Crippen LogP contribution in [-0.4, -0.2) is 29.6 Å². The molecule has 5 heteroatoms. The zero-order valence-corrected chi connectivity index (χ0v) is 11.8. The topological polar surface area (TPSA) is 83.6 Å². The van der Waals surface area contributed by atoms with Gasteiger partial charge in [0.15, 0.2) is 0 Å². The summed E-state index contributed by atoms with van der Waals surface area (Å²) in [4.78, 5) is 24.5. The van der Waals surface area contributed by atoms with Crippen molar-refractivity contribution in [3.63, 3.8) is 0 Å². The summed E-state index contributed by atoms with van der Waals surface area (Å²) in [6.07, 6.45) is 1.92. The lowest BCUT2D eigenvalue weighted by atomic mass is 10.1. The van der Waals surface area contributed by atoms with Gasteiger partial charge in [-0.25, -0.2) is 0 Å². The molecular formula is C15H22N2O3. The summed E-state index contributed by atoms with van der Waals surface area (Å²) in [5.41, 5.74) is 6.65. The monoisotopic (exact) mass is 278 g/mol. The number of carboxylic acid groups (broad SMARTS) is 1. The minimum absolute atomic E-state index is 0.0413. The maximum atomic E-state index is 12.4. The lowest BCUT2D eigenvalue weighted by Gasteiger charge is -2.25. The average molecular weight is 278 g/mol. The number of nitrogens with two attached hydrogens (primary N) is 1. The Labute approximate surface area is 119 Å². The quantitative estimate of drug-likeness (QED) is 0.762. The van der Waals surface area contributed by atoms with Gasteiger partial charge in [0.05, 0.1) is 6.04 Å². The highest BCUT2D eigenvalue weighted by Crippen LogP contribution is 2.16. The van der Waals surface area contributed by atoms with Crippen molar-refractivity contribution < 1.29 is 14.7 Å². The van der Waals surface area contributed by atoms with Crippen molar-refractivity contribution >= 4 is 17.6 Å². The van der Waals surface area contributed by atoms with Crippen molar-refractivity contribution in [2.75, 3.05) is 11.4 Å². The standard InChI is InChI=1S/C15H22N2O3/c1-2-7-13(16)15(20)17(11-6-10-14(18)19)12-8-4-3-5-9-12/h3-5,8-9,13H,2,6-7,10-11,16H2,1H3,(H,18,19)/t13-/m1/s1. The molecule has 0 aliphatic heterocycles. The van der Waals surface area contributed by atoms with Crippen LogP contribution in [0.25, 0.3) is 0 Å². The summed E-state index contributed by atoms with van der Waals surface area (Å²) in [5, 5.41) is 8.70. The van der Waals surface area contributed by atoms with E-state index in [1.165, 1.54) is 0 Å². The second-order valence-corrected chi connectivity index (χ2v) is 4.72. The molecule has 1 aromatic rings. The second-order valence-electron chi connectivity index (χ2n) is 4.72. The minimum Gasteiger partial charge on any atom is -0.481 e. The first-order valence-electron chi connectivity index (χ1n) is 6.90. The number of aliphatic carboxylic acids is 1. The van der Waals surface area contributed by atoms with Crippen LogP contribution in [0.15, 0.2) is 30.3 Å². The van der Waals surface area contributed by atoms with Crippen LogP contribution in [-0.2, 0) is 9.59 Å². The Bertz CT molecular complexity index is 434. The molecule has 0 aliphatic rings.